The molecule has 2 nitrogen and oxygen atoms in total. The van der Waals surface area contributed by atoms with Gasteiger partial charge in [0.1, 0.15) is 0 Å². The van der Waals surface area contributed by atoms with Gasteiger partial charge in [0.25, 0.3) is 0 Å². The molecule has 0 spiro atoms. The first-order valence-corrected chi connectivity index (χ1v) is 12.2. The Kier molecular flexibility index (Phi) is 21.4. The third-order valence-corrected chi connectivity index (χ3v) is 5.41. The maximum Gasteiger partial charge on any atom is 0.333 e. The van der Waals surface area contributed by atoms with E-state index in [0.717, 1.165) is 25.7 Å². The SMILES string of the molecule is C=CCCCC(=C)C(=O)OCCCCCCCCCCCCCCCCCC. The van der Waals surface area contributed by atoms with Gasteiger partial charge in [0.2, 0.25) is 0 Å². The monoisotopic (exact) mass is 392 g/mol. The summed E-state index contributed by atoms with van der Waals surface area (Å²) in [4.78, 5) is 11.8. The number of unbranched alkanes of at least 4 members (excludes halogenated alkanes) is 16. The van der Waals surface area contributed by atoms with Crippen LogP contribution in [0.25, 0.3) is 0 Å². The number of hydrogen-bond donors (Lipinski definition) is 0. The van der Waals surface area contributed by atoms with Gasteiger partial charge in [-0.3, -0.25) is 0 Å². The lowest BCUT2D eigenvalue weighted by molar-refractivity contribution is -0.139. The fourth-order valence-electron chi connectivity index (χ4n) is 3.48. The summed E-state index contributed by atoms with van der Waals surface area (Å²) < 4.78 is 5.29. The fourth-order valence-corrected chi connectivity index (χ4v) is 3.48. The first kappa shape index (κ1) is 27.0. The topological polar surface area (TPSA) is 26.3 Å². The van der Waals surface area contributed by atoms with Gasteiger partial charge < -0.3 is 4.74 Å². The van der Waals surface area contributed by atoms with Gasteiger partial charge in [0.05, 0.1) is 6.61 Å². The maximum atomic E-state index is 11.8. The van der Waals surface area contributed by atoms with Gasteiger partial charge in [0.15, 0.2) is 0 Å². The minimum atomic E-state index is -0.218. The highest BCUT2D eigenvalue weighted by molar-refractivity contribution is 5.87. The molecule has 0 aliphatic heterocycles. The van der Waals surface area contributed by atoms with Crippen molar-refractivity contribution < 1.29 is 9.53 Å². The van der Waals surface area contributed by atoms with E-state index >= 15 is 0 Å². The summed E-state index contributed by atoms with van der Waals surface area (Å²) in [5.74, 6) is -0.218. The molecule has 0 N–H and O–H groups in total. The molecule has 0 atom stereocenters. The molecule has 0 fully saturated rings. The van der Waals surface area contributed by atoms with Crippen molar-refractivity contribution in [2.75, 3.05) is 6.61 Å². The number of carbonyl (C=O) groups excluding carboxylic acids is 1. The minimum absolute atomic E-state index is 0.218. The molecule has 0 bridgehead atoms. The van der Waals surface area contributed by atoms with Crippen LogP contribution in [0, 0.1) is 0 Å². The molecule has 0 aromatic rings. The Morgan fingerprint density at radius 3 is 1.57 bits per heavy atom. The second-order valence-electron chi connectivity index (χ2n) is 8.22. The van der Waals surface area contributed by atoms with Crippen LogP contribution in [0.5, 0.6) is 0 Å². The average Bonchev–Trinajstić information content (AvgIpc) is 2.70. The summed E-state index contributed by atoms with van der Waals surface area (Å²) in [7, 11) is 0. The zero-order valence-electron chi connectivity index (χ0n) is 19.0. The lowest BCUT2D eigenvalue weighted by Crippen LogP contribution is -2.08. The first-order valence-electron chi connectivity index (χ1n) is 12.2. The third kappa shape index (κ3) is 19.7. The molecule has 0 radical (unpaired) electrons. The molecule has 2 heteroatoms. The van der Waals surface area contributed by atoms with E-state index in [1.807, 2.05) is 6.08 Å². The molecule has 0 heterocycles. The van der Waals surface area contributed by atoms with Gasteiger partial charge in [-0.05, 0) is 25.7 Å². The fraction of sp³-hybridized carbons (Fsp3) is 0.808. The molecule has 0 aliphatic carbocycles. The van der Waals surface area contributed by atoms with Crippen LogP contribution in [0.15, 0.2) is 24.8 Å². The third-order valence-electron chi connectivity index (χ3n) is 5.41. The normalized spacial score (nSPS) is 10.8. The van der Waals surface area contributed by atoms with Crippen LogP contribution in [0.2, 0.25) is 0 Å². The first-order chi connectivity index (χ1) is 13.7. The quantitative estimate of drug-likeness (QED) is 0.0796. The van der Waals surface area contributed by atoms with Gasteiger partial charge in [-0.25, -0.2) is 4.79 Å². The maximum absolute atomic E-state index is 11.8. The molecule has 0 amide bonds. The van der Waals surface area contributed by atoms with Crippen molar-refractivity contribution in [3.63, 3.8) is 0 Å². The van der Waals surface area contributed by atoms with Gasteiger partial charge in [-0.15, -0.1) is 6.58 Å². The Morgan fingerprint density at radius 1 is 0.714 bits per heavy atom. The van der Waals surface area contributed by atoms with Crippen molar-refractivity contribution in [1.82, 2.24) is 0 Å². The standard InChI is InChI=1S/C26H48O2/c1-4-6-8-9-10-11-12-13-14-15-16-17-18-19-20-22-24-28-26(27)25(3)23-21-7-5-2/h5H,2-4,6-24H2,1H3. The van der Waals surface area contributed by atoms with E-state index in [9.17, 15) is 4.79 Å². The number of carbonyl (C=O) groups is 1. The number of allylic oxidation sites excluding steroid dienone is 1. The number of rotatable bonds is 22. The van der Waals surface area contributed by atoms with E-state index in [0.29, 0.717) is 18.6 Å². The van der Waals surface area contributed by atoms with Crippen molar-refractivity contribution in [2.24, 2.45) is 0 Å². The molecule has 0 aliphatic rings. The Morgan fingerprint density at radius 2 is 1.14 bits per heavy atom. The number of hydrogen-bond acceptors (Lipinski definition) is 2. The van der Waals surface area contributed by atoms with Crippen LogP contribution in [0.3, 0.4) is 0 Å². The Bertz CT molecular complexity index is 373. The summed E-state index contributed by atoms with van der Waals surface area (Å²) in [6.45, 7) is 10.3. The molecule has 28 heavy (non-hydrogen) atoms. The van der Waals surface area contributed by atoms with E-state index in [-0.39, 0.29) is 5.97 Å². The van der Waals surface area contributed by atoms with Crippen LogP contribution < -0.4 is 0 Å². The van der Waals surface area contributed by atoms with E-state index in [1.54, 1.807) is 0 Å². The summed E-state index contributed by atoms with van der Waals surface area (Å²) in [6.07, 6.45) is 26.1. The molecule has 0 saturated heterocycles. The molecule has 164 valence electrons. The lowest BCUT2D eigenvalue weighted by atomic mass is 10.0. The van der Waals surface area contributed by atoms with E-state index in [2.05, 4.69) is 20.1 Å². The summed E-state index contributed by atoms with van der Waals surface area (Å²) in [5.41, 5.74) is 0.596. The Balaban J connectivity index is 3.20. The summed E-state index contributed by atoms with van der Waals surface area (Å²) in [6, 6.07) is 0. The van der Waals surface area contributed by atoms with Gasteiger partial charge in [-0.1, -0.05) is 116 Å². The average molecular weight is 393 g/mol. The highest BCUT2D eigenvalue weighted by Gasteiger charge is 2.07. The highest BCUT2D eigenvalue weighted by Crippen LogP contribution is 2.14. The lowest BCUT2D eigenvalue weighted by Gasteiger charge is -2.07. The molecular formula is C26H48O2. The number of esters is 1. The van der Waals surface area contributed by atoms with Crippen LogP contribution in [-0.2, 0) is 9.53 Å². The van der Waals surface area contributed by atoms with Crippen LogP contribution >= 0.6 is 0 Å². The Labute approximate surface area is 176 Å². The summed E-state index contributed by atoms with van der Waals surface area (Å²) in [5, 5.41) is 0. The van der Waals surface area contributed by atoms with Crippen LogP contribution in [0.4, 0.5) is 0 Å². The highest BCUT2D eigenvalue weighted by atomic mass is 16.5. The Hall–Kier alpha value is -1.05. The molecule has 0 aromatic heterocycles. The predicted molar refractivity (Wildman–Crippen MR) is 124 cm³/mol. The molecule has 0 unspecified atom stereocenters. The summed E-state index contributed by atoms with van der Waals surface area (Å²) >= 11 is 0. The van der Waals surface area contributed by atoms with E-state index in [1.165, 1.54) is 89.9 Å². The van der Waals surface area contributed by atoms with Gasteiger partial charge >= 0.3 is 5.97 Å². The zero-order chi connectivity index (χ0) is 20.7. The molecule has 0 rings (SSSR count). The second-order valence-corrected chi connectivity index (χ2v) is 8.22. The smallest absolute Gasteiger partial charge is 0.333 e. The zero-order valence-corrected chi connectivity index (χ0v) is 19.0. The van der Waals surface area contributed by atoms with Crippen molar-refractivity contribution in [3.8, 4) is 0 Å². The second kappa shape index (κ2) is 22.2. The van der Waals surface area contributed by atoms with Crippen LogP contribution in [-0.4, -0.2) is 12.6 Å². The van der Waals surface area contributed by atoms with E-state index < -0.39 is 0 Å². The van der Waals surface area contributed by atoms with Gasteiger partial charge in [0, 0.05) is 5.57 Å². The van der Waals surface area contributed by atoms with Crippen molar-refractivity contribution in [3.05, 3.63) is 24.8 Å². The molecule has 0 aromatic carbocycles. The van der Waals surface area contributed by atoms with Crippen molar-refractivity contribution in [1.29, 1.82) is 0 Å². The van der Waals surface area contributed by atoms with Crippen molar-refractivity contribution in [2.45, 2.75) is 129 Å². The molecular weight excluding hydrogens is 344 g/mol. The van der Waals surface area contributed by atoms with Crippen LogP contribution in [0.1, 0.15) is 129 Å². The molecule has 0 saturated carbocycles. The van der Waals surface area contributed by atoms with E-state index in [4.69, 9.17) is 4.74 Å². The minimum Gasteiger partial charge on any atom is -0.462 e. The van der Waals surface area contributed by atoms with Gasteiger partial charge in [-0.2, -0.15) is 0 Å². The number of ether oxygens (including phenoxy) is 1. The predicted octanol–water partition coefficient (Wildman–Crippen LogP) is 8.70. The van der Waals surface area contributed by atoms with Crippen molar-refractivity contribution >= 4 is 5.97 Å². The largest absolute Gasteiger partial charge is 0.462 e.